The lowest BCUT2D eigenvalue weighted by molar-refractivity contribution is 0.134. The second kappa shape index (κ2) is 6.67. The lowest BCUT2D eigenvalue weighted by Crippen LogP contribution is -2.25. The highest BCUT2D eigenvalue weighted by Crippen LogP contribution is 2.20. The van der Waals surface area contributed by atoms with E-state index in [-0.39, 0.29) is 18.2 Å². The highest BCUT2D eigenvalue weighted by Gasteiger charge is 2.15. The van der Waals surface area contributed by atoms with Gasteiger partial charge in [0.25, 0.3) is 0 Å². The van der Waals surface area contributed by atoms with E-state index in [9.17, 15) is 10.2 Å². The zero-order valence-electron chi connectivity index (χ0n) is 8.76. The largest absolute Gasteiger partial charge is 0.508 e. The van der Waals surface area contributed by atoms with Gasteiger partial charge < -0.3 is 15.9 Å². The molecule has 4 N–H and O–H groups in total. The summed E-state index contributed by atoms with van der Waals surface area (Å²) in [6, 6.07) is 6.29. The van der Waals surface area contributed by atoms with E-state index in [1.165, 1.54) is 0 Å². The van der Waals surface area contributed by atoms with E-state index in [1.807, 2.05) is 13.0 Å². The number of aromatic hydroxyl groups is 1. The van der Waals surface area contributed by atoms with Gasteiger partial charge >= 0.3 is 0 Å². The molecule has 86 valence electrons. The molecular formula is C11H18ClNO2. The summed E-state index contributed by atoms with van der Waals surface area (Å²) >= 11 is 0. The third kappa shape index (κ3) is 4.08. The number of halogens is 1. The van der Waals surface area contributed by atoms with Crippen LogP contribution in [0, 0.1) is 0 Å². The molecule has 0 aromatic heterocycles. The molecule has 0 radical (unpaired) electrons. The van der Waals surface area contributed by atoms with Crippen LogP contribution in [-0.2, 0) is 0 Å². The van der Waals surface area contributed by atoms with Crippen molar-refractivity contribution in [2.75, 3.05) is 0 Å². The molecule has 1 rings (SSSR count). The van der Waals surface area contributed by atoms with Crippen LogP contribution in [0.15, 0.2) is 24.3 Å². The Balaban J connectivity index is 0.00000196. The summed E-state index contributed by atoms with van der Waals surface area (Å²) < 4.78 is 0. The molecule has 15 heavy (non-hydrogen) atoms. The molecule has 4 heteroatoms. The molecule has 0 aliphatic heterocycles. The zero-order chi connectivity index (χ0) is 10.6. The van der Waals surface area contributed by atoms with Crippen LogP contribution in [0.5, 0.6) is 5.75 Å². The molecule has 0 saturated carbocycles. The normalized spacial score (nSPS) is 14.1. The van der Waals surface area contributed by atoms with Crippen LogP contribution < -0.4 is 5.73 Å². The minimum absolute atomic E-state index is 0. The van der Waals surface area contributed by atoms with Gasteiger partial charge in [-0.25, -0.2) is 0 Å². The van der Waals surface area contributed by atoms with E-state index in [0.717, 1.165) is 12.0 Å². The van der Waals surface area contributed by atoms with Crippen molar-refractivity contribution in [3.8, 4) is 5.75 Å². The van der Waals surface area contributed by atoms with Crippen molar-refractivity contribution in [3.63, 3.8) is 0 Å². The third-order valence-electron chi connectivity index (χ3n) is 2.25. The first-order chi connectivity index (χ1) is 6.65. The third-order valence-corrected chi connectivity index (χ3v) is 2.25. The van der Waals surface area contributed by atoms with Gasteiger partial charge in [-0.3, -0.25) is 0 Å². The first kappa shape index (κ1) is 14.2. The maximum atomic E-state index is 9.66. The molecular weight excluding hydrogens is 214 g/mol. The standard InChI is InChI=1S/C11H17NO2.ClH/c1-2-4-10(14)11(12)8-5-3-6-9(13)7-8;/h3,5-7,10-11,13-14H,2,4,12H2,1H3;1H/t10-,11+;/m1./s1. The van der Waals surface area contributed by atoms with E-state index in [0.29, 0.717) is 6.42 Å². The quantitative estimate of drug-likeness (QED) is 0.742. The van der Waals surface area contributed by atoms with Gasteiger partial charge in [-0.1, -0.05) is 25.5 Å². The number of benzene rings is 1. The van der Waals surface area contributed by atoms with Gasteiger partial charge in [0.15, 0.2) is 0 Å². The molecule has 0 aliphatic carbocycles. The van der Waals surface area contributed by atoms with E-state index >= 15 is 0 Å². The molecule has 1 aromatic carbocycles. The van der Waals surface area contributed by atoms with Crippen molar-refractivity contribution in [1.29, 1.82) is 0 Å². The van der Waals surface area contributed by atoms with Crippen LogP contribution in [-0.4, -0.2) is 16.3 Å². The molecule has 0 heterocycles. The minimum Gasteiger partial charge on any atom is -0.508 e. The number of hydrogen-bond acceptors (Lipinski definition) is 3. The fourth-order valence-electron chi connectivity index (χ4n) is 1.43. The summed E-state index contributed by atoms with van der Waals surface area (Å²) in [6.07, 6.45) is 1.03. The summed E-state index contributed by atoms with van der Waals surface area (Å²) in [5.74, 6) is 0.182. The number of nitrogens with two attached hydrogens (primary N) is 1. The monoisotopic (exact) mass is 231 g/mol. The van der Waals surface area contributed by atoms with Crippen molar-refractivity contribution in [2.24, 2.45) is 5.73 Å². The molecule has 3 nitrogen and oxygen atoms in total. The molecule has 0 fully saturated rings. The average Bonchev–Trinajstić information content (AvgIpc) is 2.17. The SMILES string of the molecule is CCC[C@@H](O)[C@@H](N)c1cccc(O)c1.Cl. The molecule has 0 bridgehead atoms. The second-order valence-electron chi connectivity index (χ2n) is 3.48. The second-order valence-corrected chi connectivity index (χ2v) is 3.48. The van der Waals surface area contributed by atoms with Crippen molar-refractivity contribution < 1.29 is 10.2 Å². The van der Waals surface area contributed by atoms with Gasteiger partial charge in [-0.15, -0.1) is 12.4 Å². The Kier molecular flexibility index (Phi) is 6.32. The molecule has 0 aliphatic rings. The first-order valence-corrected chi connectivity index (χ1v) is 4.87. The maximum Gasteiger partial charge on any atom is 0.115 e. The summed E-state index contributed by atoms with van der Waals surface area (Å²) in [5.41, 5.74) is 6.60. The van der Waals surface area contributed by atoms with Crippen molar-refractivity contribution in [1.82, 2.24) is 0 Å². The van der Waals surface area contributed by atoms with Crippen molar-refractivity contribution in [3.05, 3.63) is 29.8 Å². The predicted octanol–water partition coefficient (Wildman–Crippen LogP) is 1.97. The summed E-state index contributed by atoms with van der Waals surface area (Å²) in [5, 5.41) is 18.9. The summed E-state index contributed by atoms with van der Waals surface area (Å²) in [4.78, 5) is 0. The van der Waals surface area contributed by atoms with Crippen LogP contribution >= 0.6 is 12.4 Å². The molecule has 2 atom stereocenters. The van der Waals surface area contributed by atoms with Crippen molar-refractivity contribution in [2.45, 2.75) is 31.9 Å². The highest BCUT2D eigenvalue weighted by molar-refractivity contribution is 5.85. The fraction of sp³-hybridized carbons (Fsp3) is 0.455. The lowest BCUT2D eigenvalue weighted by atomic mass is 9.99. The van der Waals surface area contributed by atoms with Crippen LogP contribution in [0.25, 0.3) is 0 Å². The fourth-order valence-corrected chi connectivity index (χ4v) is 1.43. The van der Waals surface area contributed by atoms with E-state index in [1.54, 1.807) is 18.2 Å². The summed E-state index contributed by atoms with van der Waals surface area (Å²) in [6.45, 7) is 2.00. The number of aliphatic hydroxyl groups is 1. The van der Waals surface area contributed by atoms with Crippen LogP contribution in [0.3, 0.4) is 0 Å². The molecule has 0 spiro atoms. The Morgan fingerprint density at radius 2 is 2.07 bits per heavy atom. The van der Waals surface area contributed by atoms with Gasteiger partial charge in [0, 0.05) is 0 Å². The number of phenols is 1. The van der Waals surface area contributed by atoms with Gasteiger partial charge in [0.05, 0.1) is 12.1 Å². The number of rotatable bonds is 4. The van der Waals surface area contributed by atoms with Crippen molar-refractivity contribution >= 4 is 12.4 Å². The molecule has 0 unspecified atom stereocenters. The minimum atomic E-state index is -0.540. The van der Waals surface area contributed by atoms with Gasteiger partial charge in [0.2, 0.25) is 0 Å². The highest BCUT2D eigenvalue weighted by atomic mass is 35.5. The van der Waals surface area contributed by atoms with Crippen LogP contribution in [0.1, 0.15) is 31.4 Å². The summed E-state index contributed by atoms with van der Waals surface area (Å²) in [7, 11) is 0. The van der Waals surface area contributed by atoms with E-state index in [4.69, 9.17) is 5.73 Å². The average molecular weight is 232 g/mol. The van der Waals surface area contributed by atoms with Gasteiger partial charge in [-0.05, 0) is 24.1 Å². The van der Waals surface area contributed by atoms with Crippen LogP contribution in [0.2, 0.25) is 0 Å². The van der Waals surface area contributed by atoms with Gasteiger partial charge in [-0.2, -0.15) is 0 Å². The maximum absolute atomic E-state index is 9.66. The Bertz CT molecular complexity index is 294. The van der Waals surface area contributed by atoms with E-state index < -0.39 is 12.1 Å². The first-order valence-electron chi connectivity index (χ1n) is 4.87. The Morgan fingerprint density at radius 1 is 1.40 bits per heavy atom. The number of hydrogen-bond donors (Lipinski definition) is 3. The zero-order valence-corrected chi connectivity index (χ0v) is 9.57. The predicted molar refractivity (Wildman–Crippen MR) is 63.2 cm³/mol. The number of phenolic OH excluding ortho intramolecular Hbond substituents is 1. The lowest BCUT2D eigenvalue weighted by Gasteiger charge is -2.18. The molecule has 0 saturated heterocycles. The smallest absolute Gasteiger partial charge is 0.115 e. The van der Waals surface area contributed by atoms with E-state index in [2.05, 4.69) is 0 Å². The molecule has 0 amide bonds. The van der Waals surface area contributed by atoms with Gasteiger partial charge in [0.1, 0.15) is 5.75 Å². The topological polar surface area (TPSA) is 66.5 Å². The molecule has 1 aromatic rings. The Hall–Kier alpha value is -0.770. The Labute approximate surface area is 96.3 Å². The van der Waals surface area contributed by atoms with Crippen LogP contribution in [0.4, 0.5) is 0 Å². The Morgan fingerprint density at radius 3 is 2.60 bits per heavy atom. The number of aliphatic hydroxyl groups excluding tert-OH is 1.